The van der Waals surface area contributed by atoms with Crippen molar-refractivity contribution in [3.63, 3.8) is 0 Å². The van der Waals surface area contributed by atoms with E-state index in [0.717, 1.165) is 18.2 Å². The maximum Gasteiger partial charge on any atom is 0.0536 e. The Balaban J connectivity index is 1.87. The molecule has 1 fully saturated rings. The van der Waals surface area contributed by atoms with Gasteiger partial charge in [-0.05, 0) is 37.3 Å². The van der Waals surface area contributed by atoms with E-state index in [9.17, 15) is 0 Å². The number of hydrogen-bond acceptors (Lipinski definition) is 2. The second-order valence-corrected chi connectivity index (χ2v) is 4.49. The molecule has 0 saturated heterocycles. The van der Waals surface area contributed by atoms with E-state index in [-0.39, 0.29) is 5.38 Å². The molecule has 1 N–H and O–H groups in total. The molecule has 1 aromatic heterocycles. The average molecular weight is 211 g/mol. The highest BCUT2D eigenvalue weighted by Crippen LogP contribution is 2.35. The van der Waals surface area contributed by atoms with Crippen LogP contribution in [0.4, 0.5) is 5.69 Å². The lowest BCUT2D eigenvalue weighted by Crippen LogP contribution is -2.16. The van der Waals surface area contributed by atoms with Gasteiger partial charge in [-0.3, -0.25) is 4.98 Å². The minimum Gasteiger partial charge on any atom is -0.383 e. The fraction of sp³-hybridized carbons (Fsp3) is 0.545. The Kier molecular flexibility index (Phi) is 2.92. The largest absolute Gasteiger partial charge is 0.383 e. The molecule has 1 unspecified atom stereocenters. The zero-order valence-corrected chi connectivity index (χ0v) is 9.09. The molecule has 1 aliphatic carbocycles. The highest BCUT2D eigenvalue weighted by atomic mass is 35.5. The van der Waals surface area contributed by atoms with E-state index in [1.165, 1.54) is 18.4 Å². The van der Waals surface area contributed by atoms with Crippen molar-refractivity contribution in [1.29, 1.82) is 0 Å². The average Bonchev–Trinajstić information content (AvgIpc) is 2.99. The smallest absolute Gasteiger partial charge is 0.0536 e. The van der Waals surface area contributed by atoms with Crippen molar-refractivity contribution in [3.8, 4) is 0 Å². The first kappa shape index (κ1) is 9.78. The minimum absolute atomic E-state index is 0.280. The molecule has 2 nitrogen and oxygen atoms in total. The van der Waals surface area contributed by atoms with E-state index in [1.807, 2.05) is 12.3 Å². The van der Waals surface area contributed by atoms with E-state index < -0.39 is 0 Å². The van der Waals surface area contributed by atoms with Gasteiger partial charge < -0.3 is 5.32 Å². The van der Waals surface area contributed by atoms with Crippen molar-refractivity contribution in [3.05, 3.63) is 24.0 Å². The van der Waals surface area contributed by atoms with Gasteiger partial charge >= 0.3 is 0 Å². The van der Waals surface area contributed by atoms with E-state index in [0.29, 0.717) is 0 Å². The fourth-order valence-corrected chi connectivity index (χ4v) is 1.83. The standard InChI is InChI=1S/C11H15ClN2/c1-8-6-13-5-4-11(8)14-7-10(12)9-2-3-9/h4-6,9-10H,2-3,7H2,1H3,(H,13,14). The van der Waals surface area contributed by atoms with Gasteiger partial charge in [0.05, 0.1) is 5.38 Å². The Labute approximate surface area is 89.7 Å². The van der Waals surface area contributed by atoms with Gasteiger partial charge in [0.2, 0.25) is 0 Å². The molecule has 1 aliphatic rings. The van der Waals surface area contributed by atoms with Crippen LogP contribution in [0, 0.1) is 12.8 Å². The number of nitrogens with zero attached hydrogens (tertiary/aromatic N) is 1. The summed E-state index contributed by atoms with van der Waals surface area (Å²) >= 11 is 6.20. The number of rotatable bonds is 4. The van der Waals surface area contributed by atoms with Crippen LogP contribution in [0.15, 0.2) is 18.5 Å². The third-order valence-corrected chi connectivity index (χ3v) is 3.15. The summed E-state index contributed by atoms with van der Waals surface area (Å²) in [6, 6.07) is 1.99. The van der Waals surface area contributed by atoms with Crippen LogP contribution in [0.1, 0.15) is 18.4 Å². The third kappa shape index (κ3) is 2.38. The first-order valence-electron chi connectivity index (χ1n) is 5.06. The van der Waals surface area contributed by atoms with E-state index in [4.69, 9.17) is 11.6 Å². The Morgan fingerprint density at radius 2 is 2.43 bits per heavy atom. The second kappa shape index (κ2) is 4.18. The molecule has 2 rings (SSSR count). The second-order valence-electron chi connectivity index (χ2n) is 3.92. The summed E-state index contributed by atoms with van der Waals surface area (Å²) in [6.45, 7) is 2.91. The van der Waals surface area contributed by atoms with Crippen LogP contribution in [0.3, 0.4) is 0 Å². The normalized spacial score (nSPS) is 17.9. The molecule has 0 amide bonds. The minimum atomic E-state index is 0.280. The fourth-order valence-electron chi connectivity index (χ4n) is 1.50. The van der Waals surface area contributed by atoms with Gasteiger partial charge in [0, 0.05) is 24.6 Å². The van der Waals surface area contributed by atoms with Crippen LogP contribution >= 0.6 is 11.6 Å². The van der Waals surface area contributed by atoms with Crippen molar-refractivity contribution in [2.45, 2.75) is 25.1 Å². The van der Waals surface area contributed by atoms with E-state index in [2.05, 4.69) is 17.2 Å². The molecule has 3 heteroatoms. The molecule has 76 valence electrons. The van der Waals surface area contributed by atoms with Crippen LogP contribution in [0.5, 0.6) is 0 Å². The number of pyridine rings is 1. The summed E-state index contributed by atoms with van der Waals surface area (Å²) < 4.78 is 0. The van der Waals surface area contributed by atoms with Gasteiger partial charge in [0.25, 0.3) is 0 Å². The lowest BCUT2D eigenvalue weighted by atomic mass is 10.2. The molecule has 0 aromatic carbocycles. The van der Waals surface area contributed by atoms with Crippen LogP contribution in [0.25, 0.3) is 0 Å². The number of nitrogens with one attached hydrogen (secondary N) is 1. The lowest BCUT2D eigenvalue weighted by Gasteiger charge is -2.12. The van der Waals surface area contributed by atoms with Crippen LogP contribution < -0.4 is 5.32 Å². The monoisotopic (exact) mass is 210 g/mol. The highest BCUT2D eigenvalue weighted by Gasteiger charge is 2.29. The first-order chi connectivity index (χ1) is 6.77. The van der Waals surface area contributed by atoms with Crippen LogP contribution in [0.2, 0.25) is 0 Å². The quantitative estimate of drug-likeness (QED) is 0.774. The molecule has 1 heterocycles. The Bertz CT molecular complexity index is 310. The Hall–Kier alpha value is -0.760. The first-order valence-corrected chi connectivity index (χ1v) is 5.49. The van der Waals surface area contributed by atoms with Gasteiger partial charge in [-0.1, -0.05) is 0 Å². The zero-order valence-electron chi connectivity index (χ0n) is 8.33. The predicted molar refractivity (Wildman–Crippen MR) is 59.8 cm³/mol. The number of halogens is 1. The van der Waals surface area contributed by atoms with Crippen molar-refractivity contribution >= 4 is 17.3 Å². The predicted octanol–water partition coefficient (Wildman–Crippen LogP) is 2.82. The maximum absolute atomic E-state index is 6.20. The van der Waals surface area contributed by atoms with E-state index in [1.54, 1.807) is 6.20 Å². The third-order valence-electron chi connectivity index (χ3n) is 2.64. The SMILES string of the molecule is Cc1cnccc1NCC(Cl)C1CC1. The van der Waals surface area contributed by atoms with Crippen molar-refractivity contribution in [1.82, 2.24) is 4.98 Å². The van der Waals surface area contributed by atoms with Crippen molar-refractivity contribution in [2.75, 3.05) is 11.9 Å². The maximum atomic E-state index is 6.20. The Morgan fingerprint density at radius 3 is 3.07 bits per heavy atom. The molecule has 0 radical (unpaired) electrons. The molecular weight excluding hydrogens is 196 g/mol. The summed E-state index contributed by atoms with van der Waals surface area (Å²) in [4.78, 5) is 4.05. The molecule has 0 aliphatic heterocycles. The topological polar surface area (TPSA) is 24.9 Å². The number of aryl methyl sites for hydroxylation is 1. The molecule has 1 saturated carbocycles. The molecular formula is C11H15ClN2. The lowest BCUT2D eigenvalue weighted by molar-refractivity contribution is 0.770. The number of aromatic nitrogens is 1. The summed E-state index contributed by atoms with van der Waals surface area (Å²) in [5.74, 6) is 0.742. The molecule has 1 aromatic rings. The molecule has 1 atom stereocenters. The highest BCUT2D eigenvalue weighted by molar-refractivity contribution is 6.21. The van der Waals surface area contributed by atoms with Crippen molar-refractivity contribution < 1.29 is 0 Å². The molecule has 0 spiro atoms. The number of anilines is 1. The molecule has 14 heavy (non-hydrogen) atoms. The number of hydrogen-bond donors (Lipinski definition) is 1. The van der Waals surface area contributed by atoms with Gasteiger partial charge in [0.15, 0.2) is 0 Å². The van der Waals surface area contributed by atoms with Crippen LogP contribution in [-0.4, -0.2) is 16.9 Å². The summed E-state index contributed by atoms with van der Waals surface area (Å²) in [5.41, 5.74) is 2.32. The van der Waals surface area contributed by atoms with Gasteiger partial charge in [-0.2, -0.15) is 0 Å². The van der Waals surface area contributed by atoms with E-state index >= 15 is 0 Å². The summed E-state index contributed by atoms with van der Waals surface area (Å²) in [6.07, 6.45) is 6.26. The van der Waals surface area contributed by atoms with Gasteiger partial charge in [0.1, 0.15) is 0 Å². The Morgan fingerprint density at radius 1 is 1.64 bits per heavy atom. The molecule has 0 bridgehead atoms. The van der Waals surface area contributed by atoms with Crippen molar-refractivity contribution in [2.24, 2.45) is 5.92 Å². The summed E-state index contributed by atoms with van der Waals surface area (Å²) in [7, 11) is 0. The zero-order chi connectivity index (χ0) is 9.97. The number of alkyl halides is 1. The van der Waals surface area contributed by atoms with Gasteiger partial charge in [-0.25, -0.2) is 0 Å². The van der Waals surface area contributed by atoms with Gasteiger partial charge in [-0.15, -0.1) is 11.6 Å². The van der Waals surface area contributed by atoms with Crippen LogP contribution in [-0.2, 0) is 0 Å². The summed E-state index contributed by atoms with van der Waals surface area (Å²) in [5, 5.41) is 3.64.